The highest BCUT2D eigenvalue weighted by molar-refractivity contribution is 7.71. The molecule has 2 aromatic rings. The summed E-state index contributed by atoms with van der Waals surface area (Å²) in [6, 6.07) is 3.52. The molecular weight excluding hydrogens is 316 g/mol. The number of esters is 1. The Hall–Kier alpha value is -2.74. The smallest absolute Gasteiger partial charge is 0.336 e. The lowest BCUT2D eigenvalue weighted by atomic mass is 9.83. The van der Waals surface area contributed by atoms with Gasteiger partial charge in [0.15, 0.2) is 4.77 Å². The van der Waals surface area contributed by atoms with Gasteiger partial charge >= 0.3 is 5.97 Å². The molecule has 2 aromatic heterocycles. The number of allylic oxidation sites excluding steroid dienone is 1. The van der Waals surface area contributed by atoms with Crippen molar-refractivity contribution in [3.8, 4) is 0 Å². The van der Waals surface area contributed by atoms with E-state index in [-0.39, 0.29) is 10.3 Å². The van der Waals surface area contributed by atoms with Gasteiger partial charge in [0, 0.05) is 18.1 Å². The molecule has 7 nitrogen and oxygen atoms in total. The number of hydrogen-bond acceptors (Lipinski definition) is 6. The number of hydrogen-bond donors (Lipinski definition) is 3. The molecule has 0 fully saturated rings. The van der Waals surface area contributed by atoms with E-state index < -0.39 is 11.9 Å². The van der Waals surface area contributed by atoms with Crippen molar-refractivity contribution >= 4 is 24.0 Å². The fourth-order valence-electron chi connectivity index (χ4n) is 2.76. The van der Waals surface area contributed by atoms with E-state index in [0.29, 0.717) is 22.7 Å². The first kappa shape index (κ1) is 15.2. The molecule has 1 aliphatic rings. The van der Waals surface area contributed by atoms with Crippen LogP contribution in [0.15, 0.2) is 40.6 Å². The summed E-state index contributed by atoms with van der Waals surface area (Å²) in [5, 5.41) is 3.03. The third kappa shape index (κ3) is 2.57. The molecule has 0 bridgehead atoms. The van der Waals surface area contributed by atoms with Crippen LogP contribution < -0.4 is 10.9 Å². The molecule has 118 valence electrons. The Bertz CT molecular complexity index is 914. The Labute approximate surface area is 136 Å². The van der Waals surface area contributed by atoms with Crippen molar-refractivity contribution in [3.05, 3.63) is 62.0 Å². The largest absolute Gasteiger partial charge is 0.466 e. The molecule has 0 aliphatic carbocycles. The molecule has 3 heterocycles. The van der Waals surface area contributed by atoms with Crippen LogP contribution >= 0.6 is 12.2 Å². The summed E-state index contributed by atoms with van der Waals surface area (Å²) in [6.07, 6.45) is 3.22. The van der Waals surface area contributed by atoms with Crippen molar-refractivity contribution < 1.29 is 9.53 Å². The predicted octanol–water partition coefficient (Wildman–Crippen LogP) is 1.83. The average molecular weight is 330 g/mol. The zero-order valence-corrected chi connectivity index (χ0v) is 13.3. The Kier molecular flexibility index (Phi) is 3.83. The highest BCUT2D eigenvalue weighted by atomic mass is 32.1. The normalized spacial score (nSPS) is 16.5. The first-order valence-corrected chi connectivity index (χ1v) is 7.26. The number of rotatable bonds is 2. The number of fused-ring (bicyclic) bond motifs is 1. The minimum Gasteiger partial charge on any atom is -0.466 e. The second-order valence-electron chi connectivity index (χ2n) is 5.07. The molecule has 0 amide bonds. The highest BCUT2D eigenvalue weighted by Crippen LogP contribution is 2.39. The van der Waals surface area contributed by atoms with E-state index in [1.54, 1.807) is 31.5 Å². The summed E-state index contributed by atoms with van der Waals surface area (Å²) in [4.78, 5) is 34.2. The van der Waals surface area contributed by atoms with E-state index in [1.807, 2.05) is 0 Å². The Balaban J connectivity index is 2.33. The van der Waals surface area contributed by atoms with E-state index in [9.17, 15) is 9.59 Å². The van der Waals surface area contributed by atoms with Crippen LogP contribution in [0.3, 0.4) is 0 Å². The molecule has 0 saturated heterocycles. The number of ether oxygens (including phenoxy) is 1. The van der Waals surface area contributed by atoms with Crippen molar-refractivity contribution in [1.82, 2.24) is 15.0 Å². The van der Waals surface area contributed by atoms with Crippen LogP contribution in [0.5, 0.6) is 0 Å². The van der Waals surface area contributed by atoms with Gasteiger partial charge < -0.3 is 15.0 Å². The number of H-pyrrole nitrogens is 2. The molecule has 0 saturated carbocycles. The van der Waals surface area contributed by atoms with E-state index in [1.165, 1.54) is 7.11 Å². The summed E-state index contributed by atoms with van der Waals surface area (Å²) >= 11 is 5.01. The van der Waals surface area contributed by atoms with Crippen LogP contribution in [0.1, 0.15) is 24.0 Å². The standard InChI is InChI=1S/C15H14N4O3S/c1-7-9(14(21)22-2)10(8-3-5-16-6-4-8)11-12(17-7)18-15(23)19-13(11)20/h3-6,10H,1-2H3,(H3,17,18,19,20,23). The third-order valence-electron chi connectivity index (χ3n) is 3.72. The van der Waals surface area contributed by atoms with Gasteiger partial charge in [0.1, 0.15) is 5.82 Å². The third-order valence-corrected chi connectivity index (χ3v) is 3.92. The number of nitrogens with one attached hydrogen (secondary N) is 3. The SMILES string of the molecule is COC(=O)C1=C(C)Nc2[nH]c(=S)[nH]c(=O)c2C1c1ccncc1. The van der Waals surface area contributed by atoms with Crippen LogP contribution in [0.25, 0.3) is 0 Å². The van der Waals surface area contributed by atoms with Crippen molar-refractivity contribution in [2.24, 2.45) is 0 Å². The summed E-state index contributed by atoms with van der Waals surface area (Å²) in [6.45, 7) is 1.75. The fourth-order valence-corrected chi connectivity index (χ4v) is 2.95. The van der Waals surface area contributed by atoms with E-state index in [2.05, 4.69) is 20.3 Å². The molecule has 0 aromatic carbocycles. The number of methoxy groups -OCH3 is 1. The first-order chi connectivity index (χ1) is 11.0. The lowest BCUT2D eigenvalue weighted by molar-refractivity contribution is -0.136. The van der Waals surface area contributed by atoms with Gasteiger partial charge in [-0.15, -0.1) is 0 Å². The number of carbonyl (C=O) groups is 1. The number of nitrogens with zero attached hydrogens (tertiary/aromatic N) is 1. The topological polar surface area (TPSA) is 99.9 Å². The minimum atomic E-state index is -0.572. The van der Waals surface area contributed by atoms with Gasteiger partial charge in [0.05, 0.1) is 24.2 Å². The molecule has 1 aliphatic heterocycles. The van der Waals surface area contributed by atoms with Crippen LogP contribution in [0.4, 0.5) is 5.82 Å². The summed E-state index contributed by atoms with van der Waals surface area (Å²) in [5.41, 5.74) is 1.77. The number of carbonyl (C=O) groups excluding carboxylic acids is 1. The molecular formula is C15H14N4O3S. The fraction of sp³-hybridized carbons (Fsp3) is 0.200. The van der Waals surface area contributed by atoms with Gasteiger partial charge in [-0.25, -0.2) is 4.79 Å². The average Bonchev–Trinajstić information content (AvgIpc) is 2.53. The van der Waals surface area contributed by atoms with Crippen molar-refractivity contribution in [3.63, 3.8) is 0 Å². The molecule has 0 radical (unpaired) electrons. The molecule has 23 heavy (non-hydrogen) atoms. The maximum Gasteiger partial charge on any atom is 0.336 e. The second kappa shape index (κ2) is 5.81. The van der Waals surface area contributed by atoms with Gasteiger partial charge in [-0.1, -0.05) is 0 Å². The van der Waals surface area contributed by atoms with Crippen LogP contribution in [-0.2, 0) is 9.53 Å². The highest BCUT2D eigenvalue weighted by Gasteiger charge is 2.35. The molecule has 3 N–H and O–H groups in total. The maximum atomic E-state index is 12.5. The number of anilines is 1. The molecule has 1 atom stereocenters. The van der Waals surface area contributed by atoms with Gasteiger partial charge in [-0.05, 0) is 36.8 Å². The predicted molar refractivity (Wildman–Crippen MR) is 86.7 cm³/mol. The lowest BCUT2D eigenvalue weighted by Crippen LogP contribution is -2.30. The molecule has 3 rings (SSSR count). The van der Waals surface area contributed by atoms with Crippen LogP contribution in [0.2, 0.25) is 0 Å². The van der Waals surface area contributed by atoms with E-state index in [4.69, 9.17) is 17.0 Å². The molecule has 0 spiro atoms. The Morgan fingerprint density at radius 2 is 2.00 bits per heavy atom. The van der Waals surface area contributed by atoms with E-state index in [0.717, 1.165) is 5.56 Å². The van der Waals surface area contributed by atoms with Gasteiger partial charge in [0.25, 0.3) is 5.56 Å². The van der Waals surface area contributed by atoms with Crippen LogP contribution in [0, 0.1) is 4.77 Å². The maximum absolute atomic E-state index is 12.5. The summed E-state index contributed by atoms with van der Waals surface area (Å²) in [7, 11) is 1.31. The van der Waals surface area contributed by atoms with Crippen molar-refractivity contribution in [2.75, 3.05) is 12.4 Å². The quantitative estimate of drug-likeness (QED) is 0.574. The van der Waals surface area contributed by atoms with Crippen molar-refractivity contribution in [2.45, 2.75) is 12.8 Å². The number of aromatic amines is 2. The van der Waals surface area contributed by atoms with Gasteiger partial charge in [-0.3, -0.25) is 14.8 Å². The van der Waals surface area contributed by atoms with E-state index >= 15 is 0 Å². The number of aromatic nitrogens is 3. The summed E-state index contributed by atoms with van der Waals surface area (Å²) in [5.74, 6) is -0.590. The molecule has 8 heteroatoms. The molecule has 1 unspecified atom stereocenters. The Morgan fingerprint density at radius 1 is 1.30 bits per heavy atom. The van der Waals surface area contributed by atoms with Gasteiger partial charge in [0.2, 0.25) is 0 Å². The minimum absolute atomic E-state index is 0.212. The summed E-state index contributed by atoms with van der Waals surface area (Å²) < 4.78 is 5.11. The van der Waals surface area contributed by atoms with Crippen LogP contribution in [-0.4, -0.2) is 28.0 Å². The monoisotopic (exact) mass is 330 g/mol. The zero-order valence-electron chi connectivity index (χ0n) is 12.5. The Morgan fingerprint density at radius 3 is 2.65 bits per heavy atom. The van der Waals surface area contributed by atoms with Gasteiger partial charge in [-0.2, -0.15) is 0 Å². The first-order valence-electron chi connectivity index (χ1n) is 6.85. The zero-order chi connectivity index (χ0) is 16.6. The number of pyridine rings is 1. The second-order valence-corrected chi connectivity index (χ2v) is 5.47. The van der Waals surface area contributed by atoms with Crippen molar-refractivity contribution in [1.29, 1.82) is 0 Å². The lowest BCUT2D eigenvalue weighted by Gasteiger charge is -2.28.